The Morgan fingerprint density at radius 3 is 2.65 bits per heavy atom. The van der Waals surface area contributed by atoms with Crippen molar-refractivity contribution in [2.24, 2.45) is 0 Å². The molecule has 1 aromatic heterocycles. The van der Waals surface area contributed by atoms with Gasteiger partial charge in [-0.15, -0.1) is 0 Å². The first-order chi connectivity index (χ1) is 12.5. The van der Waals surface area contributed by atoms with E-state index < -0.39 is 0 Å². The first-order valence-corrected chi connectivity index (χ1v) is 9.38. The van der Waals surface area contributed by atoms with Gasteiger partial charge in [-0.05, 0) is 73.3 Å². The van der Waals surface area contributed by atoms with Crippen LogP contribution in [0.2, 0.25) is 0 Å². The van der Waals surface area contributed by atoms with Gasteiger partial charge in [-0.25, -0.2) is 0 Å². The van der Waals surface area contributed by atoms with Crippen molar-refractivity contribution >= 4 is 55.1 Å². The molecule has 0 aliphatic carbocycles. The molecular weight excluding hydrogens is 460 g/mol. The van der Waals surface area contributed by atoms with Gasteiger partial charge in [-0.3, -0.25) is 9.78 Å². The molecule has 128 valence electrons. The standard InChI is InChI=1S/C20H12Br2N2O2/c21-18-12(4-6-17(25)19(18)22)9-15-14-8-11(13-2-1-7-23-10-13)3-5-16(14)24-20(15)26/h1-10,25H,(H,24,26). The van der Waals surface area contributed by atoms with E-state index >= 15 is 0 Å². The minimum Gasteiger partial charge on any atom is -0.507 e. The van der Waals surface area contributed by atoms with E-state index in [0.717, 1.165) is 27.9 Å². The van der Waals surface area contributed by atoms with Crippen LogP contribution in [-0.4, -0.2) is 16.0 Å². The van der Waals surface area contributed by atoms with E-state index in [4.69, 9.17) is 0 Å². The van der Waals surface area contributed by atoms with Crippen LogP contribution >= 0.6 is 31.9 Å². The highest BCUT2D eigenvalue weighted by atomic mass is 79.9. The van der Waals surface area contributed by atoms with Crippen molar-refractivity contribution in [1.29, 1.82) is 0 Å². The third kappa shape index (κ3) is 2.95. The zero-order chi connectivity index (χ0) is 18.3. The molecule has 4 rings (SSSR count). The number of aromatic hydroxyl groups is 1. The Kier molecular flexibility index (Phi) is 4.38. The molecule has 2 aromatic carbocycles. The number of phenols is 1. The summed E-state index contributed by atoms with van der Waals surface area (Å²) in [6.07, 6.45) is 5.33. The predicted molar refractivity (Wildman–Crippen MR) is 110 cm³/mol. The highest BCUT2D eigenvalue weighted by Crippen LogP contribution is 2.39. The second kappa shape index (κ2) is 6.70. The maximum absolute atomic E-state index is 12.5. The molecule has 3 aromatic rings. The molecule has 0 fully saturated rings. The molecule has 0 atom stereocenters. The molecule has 2 heterocycles. The fourth-order valence-electron chi connectivity index (χ4n) is 2.87. The first kappa shape index (κ1) is 17.0. The molecule has 1 aliphatic heterocycles. The average molecular weight is 472 g/mol. The third-order valence-corrected chi connectivity index (χ3v) is 6.38. The Hall–Kier alpha value is -2.44. The fraction of sp³-hybridized carbons (Fsp3) is 0. The number of phenolic OH excluding ortho intramolecular Hbond substituents is 1. The number of hydrogen-bond acceptors (Lipinski definition) is 3. The number of benzene rings is 2. The van der Waals surface area contributed by atoms with Gasteiger partial charge in [0.05, 0.1) is 4.47 Å². The Bertz CT molecular complexity index is 1060. The largest absolute Gasteiger partial charge is 0.507 e. The van der Waals surface area contributed by atoms with E-state index in [0.29, 0.717) is 14.5 Å². The van der Waals surface area contributed by atoms with E-state index in [2.05, 4.69) is 42.2 Å². The van der Waals surface area contributed by atoms with Crippen LogP contribution in [0, 0.1) is 0 Å². The Labute approximate surface area is 166 Å². The molecule has 0 saturated carbocycles. The summed E-state index contributed by atoms with van der Waals surface area (Å²) in [7, 11) is 0. The lowest BCUT2D eigenvalue weighted by Crippen LogP contribution is -2.03. The summed E-state index contributed by atoms with van der Waals surface area (Å²) in [5.74, 6) is -0.0198. The average Bonchev–Trinajstić information content (AvgIpc) is 2.97. The second-order valence-electron chi connectivity index (χ2n) is 5.82. The lowest BCUT2D eigenvalue weighted by Gasteiger charge is -2.06. The van der Waals surface area contributed by atoms with Gasteiger partial charge in [0.15, 0.2) is 0 Å². The van der Waals surface area contributed by atoms with Crippen molar-refractivity contribution in [2.45, 2.75) is 0 Å². The minimum absolute atomic E-state index is 0.133. The highest BCUT2D eigenvalue weighted by molar-refractivity contribution is 9.13. The van der Waals surface area contributed by atoms with E-state index in [1.54, 1.807) is 24.5 Å². The van der Waals surface area contributed by atoms with Gasteiger partial charge in [0, 0.05) is 39.3 Å². The number of aromatic nitrogens is 1. The number of carbonyl (C=O) groups is 1. The number of nitrogens with zero attached hydrogens (tertiary/aromatic N) is 1. The number of carbonyl (C=O) groups excluding carboxylic acids is 1. The van der Waals surface area contributed by atoms with Crippen molar-refractivity contribution in [2.75, 3.05) is 5.32 Å². The number of halogens is 2. The molecule has 0 unspecified atom stereocenters. The minimum atomic E-state index is -0.153. The van der Waals surface area contributed by atoms with Gasteiger partial charge in [0.1, 0.15) is 5.75 Å². The highest BCUT2D eigenvalue weighted by Gasteiger charge is 2.25. The van der Waals surface area contributed by atoms with Crippen LogP contribution in [-0.2, 0) is 4.79 Å². The smallest absolute Gasteiger partial charge is 0.256 e. The molecule has 0 saturated heterocycles. The summed E-state index contributed by atoms with van der Waals surface area (Å²) in [6.45, 7) is 0. The molecule has 0 radical (unpaired) electrons. The van der Waals surface area contributed by atoms with Gasteiger partial charge < -0.3 is 10.4 Å². The molecular formula is C20H12Br2N2O2. The number of anilines is 1. The van der Waals surface area contributed by atoms with Crippen LogP contribution < -0.4 is 5.32 Å². The van der Waals surface area contributed by atoms with Gasteiger partial charge in [-0.2, -0.15) is 0 Å². The van der Waals surface area contributed by atoms with Crippen molar-refractivity contribution in [3.63, 3.8) is 0 Å². The Balaban J connectivity index is 1.83. The normalized spacial score (nSPS) is 14.4. The van der Waals surface area contributed by atoms with E-state index in [1.165, 1.54) is 0 Å². The van der Waals surface area contributed by atoms with Crippen molar-refractivity contribution in [3.8, 4) is 16.9 Å². The van der Waals surface area contributed by atoms with Crippen molar-refractivity contribution in [3.05, 3.63) is 74.9 Å². The van der Waals surface area contributed by atoms with Crippen LogP contribution in [0.25, 0.3) is 22.8 Å². The fourth-order valence-corrected chi connectivity index (χ4v) is 3.68. The molecule has 26 heavy (non-hydrogen) atoms. The summed E-state index contributed by atoms with van der Waals surface area (Å²) in [6, 6.07) is 13.1. The summed E-state index contributed by atoms with van der Waals surface area (Å²) in [5.41, 5.74) is 4.96. The monoisotopic (exact) mass is 470 g/mol. The zero-order valence-corrected chi connectivity index (χ0v) is 16.5. The quantitative estimate of drug-likeness (QED) is 0.487. The van der Waals surface area contributed by atoms with Crippen molar-refractivity contribution in [1.82, 2.24) is 4.98 Å². The number of fused-ring (bicyclic) bond motifs is 1. The Morgan fingerprint density at radius 2 is 1.88 bits per heavy atom. The van der Waals surface area contributed by atoms with Crippen molar-refractivity contribution < 1.29 is 9.90 Å². The van der Waals surface area contributed by atoms with E-state index in [9.17, 15) is 9.90 Å². The lowest BCUT2D eigenvalue weighted by atomic mass is 9.99. The second-order valence-corrected chi connectivity index (χ2v) is 7.40. The Morgan fingerprint density at radius 1 is 1.04 bits per heavy atom. The molecule has 0 spiro atoms. The molecule has 4 nitrogen and oxygen atoms in total. The number of rotatable bonds is 2. The first-order valence-electron chi connectivity index (χ1n) is 7.79. The molecule has 2 N–H and O–H groups in total. The topological polar surface area (TPSA) is 62.2 Å². The zero-order valence-electron chi connectivity index (χ0n) is 13.3. The number of amides is 1. The maximum atomic E-state index is 12.5. The molecule has 1 amide bonds. The lowest BCUT2D eigenvalue weighted by molar-refractivity contribution is -0.110. The molecule has 0 bridgehead atoms. The third-order valence-electron chi connectivity index (χ3n) is 4.19. The van der Waals surface area contributed by atoms with Gasteiger partial charge in [-0.1, -0.05) is 18.2 Å². The number of pyridine rings is 1. The van der Waals surface area contributed by atoms with E-state index in [1.807, 2.05) is 36.4 Å². The van der Waals surface area contributed by atoms with Crippen LogP contribution in [0.5, 0.6) is 5.75 Å². The van der Waals surface area contributed by atoms with Crippen LogP contribution in [0.1, 0.15) is 11.1 Å². The van der Waals surface area contributed by atoms with Crippen LogP contribution in [0.4, 0.5) is 5.69 Å². The van der Waals surface area contributed by atoms with Crippen LogP contribution in [0.15, 0.2) is 63.8 Å². The molecule has 1 aliphatic rings. The maximum Gasteiger partial charge on any atom is 0.256 e. The van der Waals surface area contributed by atoms with E-state index in [-0.39, 0.29) is 11.7 Å². The number of nitrogens with one attached hydrogen (secondary N) is 1. The molecule has 6 heteroatoms. The summed E-state index contributed by atoms with van der Waals surface area (Å²) >= 11 is 6.79. The van der Waals surface area contributed by atoms with Gasteiger partial charge in [0.2, 0.25) is 0 Å². The SMILES string of the molecule is O=C1Nc2ccc(-c3cccnc3)cc2C1=Cc1ccc(O)c(Br)c1Br. The van der Waals surface area contributed by atoms with Gasteiger partial charge in [0.25, 0.3) is 5.91 Å². The summed E-state index contributed by atoms with van der Waals surface area (Å²) < 4.78 is 1.24. The predicted octanol–water partition coefficient (Wildman–Crippen LogP) is 5.47. The summed E-state index contributed by atoms with van der Waals surface area (Å²) in [5, 5.41) is 12.7. The summed E-state index contributed by atoms with van der Waals surface area (Å²) in [4.78, 5) is 16.6. The van der Waals surface area contributed by atoms with Crippen LogP contribution in [0.3, 0.4) is 0 Å². The number of hydrogen-bond donors (Lipinski definition) is 2. The van der Waals surface area contributed by atoms with Gasteiger partial charge >= 0.3 is 0 Å².